The third-order valence-corrected chi connectivity index (χ3v) is 6.84. The van der Waals surface area contributed by atoms with Crippen LogP contribution < -0.4 is 9.44 Å². The maximum absolute atomic E-state index is 12.1. The highest BCUT2D eigenvalue weighted by atomic mass is 32.2. The van der Waals surface area contributed by atoms with Crippen molar-refractivity contribution in [1.29, 1.82) is 0 Å². The molecule has 0 bridgehead atoms. The molecule has 0 amide bonds. The highest BCUT2D eigenvalue weighted by Gasteiger charge is 2.30. The molecule has 0 radical (unpaired) electrons. The van der Waals surface area contributed by atoms with Crippen molar-refractivity contribution in [1.82, 2.24) is 4.72 Å². The predicted molar refractivity (Wildman–Crippen MR) is 82.8 cm³/mol. The first-order chi connectivity index (χ1) is 11.0. The van der Waals surface area contributed by atoms with Gasteiger partial charge in [0.15, 0.2) is 0 Å². The van der Waals surface area contributed by atoms with E-state index in [1.165, 1.54) is 10.8 Å². The second kappa shape index (κ2) is 6.70. The lowest BCUT2D eigenvalue weighted by molar-refractivity contribution is -0.121. The number of alkyl halides is 3. The van der Waals surface area contributed by atoms with Crippen molar-refractivity contribution < 1.29 is 30.0 Å². The predicted octanol–water partition coefficient (Wildman–Crippen LogP) is 2.39. The molecule has 0 aliphatic heterocycles. The summed E-state index contributed by atoms with van der Waals surface area (Å²) in [5.74, 6) is 0. The van der Waals surface area contributed by atoms with E-state index in [0.29, 0.717) is 0 Å². The smallest absolute Gasteiger partial charge is 0.279 e. The highest BCUT2D eigenvalue weighted by Crippen LogP contribution is 2.21. The summed E-state index contributed by atoms with van der Waals surface area (Å²) in [5.41, 5.74) is 0.0816. The molecule has 0 saturated heterocycles. The van der Waals surface area contributed by atoms with Gasteiger partial charge in [-0.25, -0.2) is 21.6 Å². The number of hydrogen-bond acceptors (Lipinski definition) is 5. The summed E-state index contributed by atoms with van der Waals surface area (Å²) in [6.45, 7) is -1.69. The highest BCUT2D eigenvalue weighted by molar-refractivity contribution is 7.94. The Morgan fingerprint density at radius 3 is 2.08 bits per heavy atom. The topological polar surface area (TPSA) is 92.3 Å². The van der Waals surface area contributed by atoms with Crippen molar-refractivity contribution in [3.63, 3.8) is 0 Å². The van der Waals surface area contributed by atoms with Crippen LogP contribution in [0, 0.1) is 0 Å². The molecule has 2 aromatic rings. The van der Waals surface area contributed by atoms with Gasteiger partial charge in [-0.1, -0.05) is 6.07 Å². The zero-order valence-electron chi connectivity index (χ0n) is 11.7. The summed E-state index contributed by atoms with van der Waals surface area (Å²) >= 11 is 1.00. The second-order valence-electron chi connectivity index (χ2n) is 4.50. The molecular weight excluding hydrogens is 389 g/mol. The number of thiophene rings is 1. The van der Waals surface area contributed by atoms with Gasteiger partial charge in [0.05, 0.1) is 4.90 Å². The Balaban J connectivity index is 2.13. The maximum Gasteiger partial charge on any atom is 0.402 e. The van der Waals surface area contributed by atoms with Gasteiger partial charge in [0.1, 0.15) is 10.8 Å². The van der Waals surface area contributed by atoms with Gasteiger partial charge in [-0.3, -0.25) is 4.72 Å². The number of hydrogen-bond donors (Lipinski definition) is 2. The lowest BCUT2D eigenvalue weighted by Crippen LogP contribution is -2.33. The molecule has 2 rings (SSSR count). The average molecular weight is 400 g/mol. The molecule has 0 unspecified atom stereocenters. The van der Waals surface area contributed by atoms with Crippen molar-refractivity contribution in [2.24, 2.45) is 0 Å². The third kappa shape index (κ3) is 4.93. The molecular formula is C12H11F3N2O4S3. The molecule has 24 heavy (non-hydrogen) atoms. The molecule has 12 heteroatoms. The lowest BCUT2D eigenvalue weighted by atomic mass is 10.3. The molecule has 0 aliphatic rings. The van der Waals surface area contributed by atoms with Crippen LogP contribution in [-0.4, -0.2) is 29.6 Å². The van der Waals surface area contributed by atoms with Gasteiger partial charge in [-0.05, 0) is 35.7 Å². The number of anilines is 1. The van der Waals surface area contributed by atoms with Gasteiger partial charge in [0.2, 0.25) is 10.0 Å². The Morgan fingerprint density at radius 2 is 1.58 bits per heavy atom. The normalized spacial score (nSPS) is 13.0. The summed E-state index contributed by atoms with van der Waals surface area (Å²) in [6.07, 6.45) is -4.68. The first-order valence-electron chi connectivity index (χ1n) is 6.22. The van der Waals surface area contributed by atoms with Crippen molar-refractivity contribution in [3.05, 3.63) is 41.8 Å². The minimum atomic E-state index is -4.68. The fraction of sp³-hybridized carbons (Fsp3) is 0.167. The minimum Gasteiger partial charge on any atom is -0.279 e. The van der Waals surface area contributed by atoms with Crippen LogP contribution in [0.15, 0.2) is 50.9 Å². The second-order valence-corrected chi connectivity index (χ2v) is 9.13. The van der Waals surface area contributed by atoms with Crippen LogP contribution in [0.5, 0.6) is 0 Å². The van der Waals surface area contributed by atoms with Crippen molar-refractivity contribution in [3.8, 4) is 0 Å². The monoisotopic (exact) mass is 400 g/mol. The van der Waals surface area contributed by atoms with E-state index in [2.05, 4.69) is 4.72 Å². The Labute approximate surface area is 140 Å². The molecule has 0 saturated carbocycles. The molecule has 1 aromatic carbocycles. The van der Waals surface area contributed by atoms with E-state index in [9.17, 15) is 30.0 Å². The zero-order chi connectivity index (χ0) is 18.0. The summed E-state index contributed by atoms with van der Waals surface area (Å²) in [5, 5.41) is 1.58. The first kappa shape index (κ1) is 18.7. The van der Waals surface area contributed by atoms with Crippen LogP contribution in [0.2, 0.25) is 0 Å². The average Bonchev–Trinajstić information content (AvgIpc) is 3.00. The number of benzene rings is 1. The summed E-state index contributed by atoms with van der Waals surface area (Å²) < 4.78 is 87.4. The van der Waals surface area contributed by atoms with Gasteiger partial charge >= 0.3 is 6.18 Å². The van der Waals surface area contributed by atoms with E-state index in [1.54, 1.807) is 11.4 Å². The zero-order valence-corrected chi connectivity index (χ0v) is 14.2. The SMILES string of the molecule is O=S(=O)(NCC(F)(F)F)c1ccc(NS(=O)(=O)c2cccs2)cc1. The molecule has 1 heterocycles. The van der Waals surface area contributed by atoms with Crippen molar-refractivity contribution in [2.45, 2.75) is 15.3 Å². The van der Waals surface area contributed by atoms with Gasteiger partial charge in [0.25, 0.3) is 10.0 Å². The van der Waals surface area contributed by atoms with Gasteiger partial charge in [-0.15, -0.1) is 11.3 Å². The van der Waals surface area contributed by atoms with E-state index in [1.807, 2.05) is 0 Å². The fourth-order valence-electron chi connectivity index (χ4n) is 1.58. The Bertz CT molecular complexity index is 890. The molecule has 1 aromatic heterocycles. The number of nitrogens with one attached hydrogen (secondary N) is 2. The maximum atomic E-state index is 12.1. The molecule has 0 spiro atoms. The van der Waals surface area contributed by atoms with Gasteiger partial charge in [-0.2, -0.15) is 13.2 Å². The Hall–Kier alpha value is -1.63. The molecule has 0 aliphatic carbocycles. The van der Waals surface area contributed by atoms with Crippen LogP contribution in [-0.2, 0) is 20.0 Å². The van der Waals surface area contributed by atoms with Gasteiger partial charge < -0.3 is 0 Å². The molecule has 0 fully saturated rings. The van der Waals surface area contributed by atoms with Crippen LogP contribution in [0.25, 0.3) is 0 Å². The quantitative estimate of drug-likeness (QED) is 0.779. The van der Waals surface area contributed by atoms with Crippen LogP contribution in [0.1, 0.15) is 0 Å². The molecule has 2 N–H and O–H groups in total. The largest absolute Gasteiger partial charge is 0.402 e. The Kier molecular flexibility index (Phi) is 5.22. The van der Waals surface area contributed by atoms with Crippen molar-refractivity contribution in [2.75, 3.05) is 11.3 Å². The third-order valence-electron chi connectivity index (χ3n) is 2.64. The number of rotatable bonds is 6. The first-order valence-corrected chi connectivity index (χ1v) is 10.1. The molecule has 132 valence electrons. The summed E-state index contributed by atoms with van der Waals surface area (Å²) in [6, 6.07) is 7.25. The van der Waals surface area contributed by atoms with E-state index >= 15 is 0 Å². The minimum absolute atomic E-state index is 0.0750. The van der Waals surface area contributed by atoms with Crippen LogP contribution in [0.3, 0.4) is 0 Å². The lowest BCUT2D eigenvalue weighted by Gasteiger charge is -2.10. The van der Waals surface area contributed by atoms with Crippen LogP contribution in [0.4, 0.5) is 18.9 Å². The van der Waals surface area contributed by atoms with E-state index in [-0.39, 0.29) is 9.90 Å². The number of halogens is 3. The summed E-state index contributed by atoms with van der Waals surface area (Å²) in [4.78, 5) is -0.411. The Morgan fingerprint density at radius 1 is 0.958 bits per heavy atom. The van der Waals surface area contributed by atoms with Crippen LogP contribution >= 0.6 is 11.3 Å². The van der Waals surface area contributed by atoms with Crippen molar-refractivity contribution >= 4 is 37.1 Å². The van der Waals surface area contributed by atoms with E-state index in [0.717, 1.165) is 35.6 Å². The van der Waals surface area contributed by atoms with E-state index < -0.39 is 37.7 Å². The fourth-order valence-corrected chi connectivity index (χ4v) is 4.65. The molecule has 0 atom stereocenters. The summed E-state index contributed by atoms with van der Waals surface area (Å²) in [7, 11) is -8.14. The van der Waals surface area contributed by atoms with E-state index in [4.69, 9.17) is 0 Å². The molecule has 6 nitrogen and oxygen atoms in total. The number of sulfonamides is 2. The van der Waals surface area contributed by atoms with Gasteiger partial charge in [0, 0.05) is 5.69 Å². The standard InChI is InChI=1S/C12H11F3N2O4S3/c13-12(14,15)8-16-23(18,19)10-5-3-9(4-6-10)17-24(20,21)11-2-1-7-22-11/h1-7,16-17H,8H2.